The molecule has 0 aromatic rings. The summed E-state index contributed by atoms with van der Waals surface area (Å²) >= 11 is 0. The van der Waals surface area contributed by atoms with Gasteiger partial charge in [-0.05, 0) is 19.8 Å². The standard InChI is InChI=1S/C18H36N6O2S.HI/c1-3-19-18(20-14-17-15-23-8-10-24(17)11-9-23)21-16-4-6-22(7-5-16)12-13-27(2,25)26;/h16-17H,3-15H2,1-2H3,(H2,19,20,21);1H. The lowest BCUT2D eigenvalue weighted by molar-refractivity contribution is 0.0174. The van der Waals surface area contributed by atoms with Gasteiger partial charge >= 0.3 is 0 Å². The maximum atomic E-state index is 11.3. The molecule has 0 aromatic heterocycles. The lowest BCUT2D eigenvalue weighted by Crippen LogP contribution is -2.62. The molecule has 28 heavy (non-hydrogen) atoms. The third-order valence-corrected chi connectivity index (χ3v) is 6.83. The van der Waals surface area contributed by atoms with Gasteiger partial charge in [-0.25, -0.2) is 8.42 Å². The number of guanidine groups is 1. The highest BCUT2D eigenvalue weighted by atomic mass is 127. The number of halogens is 1. The van der Waals surface area contributed by atoms with Gasteiger partial charge in [0.25, 0.3) is 0 Å². The zero-order chi connectivity index (χ0) is 19.3. The van der Waals surface area contributed by atoms with E-state index in [2.05, 4.69) is 32.3 Å². The fraction of sp³-hybridized carbons (Fsp3) is 0.944. The first-order valence-electron chi connectivity index (χ1n) is 10.3. The van der Waals surface area contributed by atoms with Crippen molar-refractivity contribution in [3.8, 4) is 0 Å². The summed E-state index contributed by atoms with van der Waals surface area (Å²) in [6.07, 6.45) is 3.36. The van der Waals surface area contributed by atoms with Gasteiger partial charge in [-0.2, -0.15) is 0 Å². The minimum atomic E-state index is -2.88. The van der Waals surface area contributed by atoms with Gasteiger partial charge in [0.2, 0.25) is 0 Å². The van der Waals surface area contributed by atoms with Gasteiger partial charge in [-0.3, -0.25) is 14.8 Å². The molecule has 4 saturated heterocycles. The van der Waals surface area contributed by atoms with Crippen molar-refractivity contribution in [2.24, 2.45) is 4.99 Å². The SMILES string of the molecule is CCNC(=NCC1CN2CCN1CC2)NC1CCN(CCS(C)(=O)=O)CC1.I. The number of hydrogen-bond acceptors (Lipinski definition) is 6. The third kappa shape index (κ3) is 7.58. The number of piperidine rings is 1. The predicted molar refractivity (Wildman–Crippen MR) is 126 cm³/mol. The number of nitrogens with one attached hydrogen (secondary N) is 2. The number of likely N-dealkylation sites (tertiary alicyclic amines) is 1. The van der Waals surface area contributed by atoms with E-state index in [1.807, 2.05) is 0 Å². The van der Waals surface area contributed by atoms with Crippen LogP contribution in [0, 0.1) is 0 Å². The van der Waals surface area contributed by atoms with Crippen LogP contribution >= 0.6 is 24.0 Å². The Morgan fingerprint density at radius 1 is 1.11 bits per heavy atom. The van der Waals surface area contributed by atoms with Crippen molar-refractivity contribution in [3.63, 3.8) is 0 Å². The molecule has 0 amide bonds. The summed E-state index contributed by atoms with van der Waals surface area (Å²) in [6.45, 7) is 12.2. The normalized spacial score (nSPS) is 29.4. The minimum Gasteiger partial charge on any atom is -0.357 e. The zero-order valence-corrected chi connectivity index (χ0v) is 20.4. The van der Waals surface area contributed by atoms with Crippen molar-refractivity contribution in [2.75, 3.05) is 77.5 Å². The van der Waals surface area contributed by atoms with Gasteiger partial charge in [0.05, 0.1) is 12.3 Å². The molecule has 2 N–H and O–H groups in total. The van der Waals surface area contributed by atoms with Gasteiger partial charge in [-0.1, -0.05) is 0 Å². The third-order valence-electron chi connectivity index (χ3n) is 5.90. The highest BCUT2D eigenvalue weighted by Gasteiger charge is 2.31. The number of hydrogen-bond donors (Lipinski definition) is 2. The van der Waals surface area contributed by atoms with Gasteiger partial charge < -0.3 is 15.5 Å². The Hall–Kier alpha value is -0.170. The highest BCUT2D eigenvalue weighted by molar-refractivity contribution is 14.0. The lowest BCUT2D eigenvalue weighted by Gasteiger charge is -2.47. The first-order chi connectivity index (χ1) is 12.9. The van der Waals surface area contributed by atoms with Crippen molar-refractivity contribution in [1.29, 1.82) is 0 Å². The molecular formula is C18H37IN6O2S. The quantitative estimate of drug-likeness (QED) is 0.266. The summed E-state index contributed by atoms with van der Waals surface area (Å²) in [5.41, 5.74) is 0. The first kappa shape index (κ1) is 24.1. The number of nitrogens with zero attached hydrogens (tertiary/aromatic N) is 4. The molecule has 4 heterocycles. The van der Waals surface area contributed by atoms with E-state index in [0.717, 1.165) is 51.5 Å². The second kappa shape index (κ2) is 11.3. The molecule has 1 atom stereocenters. The molecule has 2 bridgehead atoms. The molecule has 10 heteroatoms. The number of sulfone groups is 1. The fourth-order valence-electron chi connectivity index (χ4n) is 4.20. The largest absolute Gasteiger partial charge is 0.357 e. The molecule has 0 saturated carbocycles. The van der Waals surface area contributed by atoms with E-state index in [1.54, 1.807) is 0 Å². The summed E-state index contributed by atoms with van der Waals surface area (Å²) in [5.74, 6) is 1.18. The smallest absolute Gasteiger partial charge is 0.191 e. The molecule has 0 aliphatic carbocycles. The van der Waals surface area contributed by atoms with Crippen molar-refractivity contribution in [2.45, 2.75) is 31.8 Å². The minimum absolute atomic E-state index is 0. The van der Waals surface area contributed by atoms with Crippen LogP contribution < -0.4 is 10.6 Å². The highest BCUT2D eigenvalue weighted by Crippen LogP contribution is 2.16. The van der Waals surface area contributed by atoms with Crippen molar-refractivity contribution >= 4 is 39.8 Å². The number of fused-ring (bicyclic) bond motifs is 3. The average Bonchev–Trinajstić information content (AvgIpc) is 2.66. The fourth-order valence-corrected chi connectivity index (χ4v) is 4.79. The molecule has 4 aliphatic rings. The summed E-state index contributed by atoms with van der Waals surface area (Å²) in [6, 6.07) is 0.949. The molecule has 4 aliphatic heterocycles. The van der Waals surface area contributed by atoms with Crippen molar-refractivity contribution in [3.05, 3.63) is 0 Å². The van der Waals surface area contributed by atoms with E-state index in [9.17, 15) is 8.42 Å². The van der Waals surface area contributed by atoms with E-state index in [4.69, 9.17) is 4.99 Å². The van der Waals surface area contributed by atoms with Crippen LogP contribution in [-0.4, -0.2) is 119 Å². The van der Waals surface area contributed by atoms with Gasteiger partial charge in [0, 0.05) is 77.2 Å². The van der Waals surface area contributed by atoms with Crippen LogP contribution in [0.4, 0.5) is 0 Å². The molecule has 8 nitrogen and oxygen atoms in total. The summed E-state index contributed by atoms with van der Waals surface area (Å²) in [4.78, 5) is 12.2. The Kier molecular flexibility index (Phi) is 9.71. The Balaban J connectivity index is 0.00000280. The van der Waals surface area contributed by atoms with E-state index in [-0.39, 0.29) is 29.7 Å². The summed E-state index contributed by atoms with van der Waals surface area (Å²) in [5, 5.41) is 6.98. The Labute approximate surface area is 187 Å². The molecule has 4 fully saturated rings. The average molecular weight is 529 g/mol. The number of aliphatic imine (C=N–C) groups is 1. The van der Waals surface area contributed by atoms with E-state index in [0.29, 0.717) is 18.6 Å². The van der Waals surface area contributed by atoms with Gasteiger partial charge in [0.1, 0.15) is 9.84 Å². The van der Waals surface area contributed by atoms with Crippen LogP contribution in [0.3, 0.4) is 0 Å². The molecule has 0 radical (unpaired) electrons. The Morgan fingerprint density at radius 3 is 2.32 bits per heavy atom. The maximum absolute atomic E-state index is 11.3. The molecule has 0 aromatic carbocycles. The van der Waals surface area contributed by atoms with Crippen molar-refractivity contribution in [1.82, 2.24) is 25.3 Å². The predicted octanol–water partition coefficient (Wildman–Crippen LogP) is -0.332. The molecule has 4 rings (SSSR count). The topological polar surface area (TPSA) is 80.3 Å². The molecule has 1 unspecified atom stereocenters. The van der Waals surface area contributed by atoms with Crippen LogP contribution in [0.1, 0.15) is 19.8 Å². The monoisotopic (exact) mass is 528 g/mol. The first-order valence-corrected chi connectivity index (χ1v) is 12.4. The van der Waals surface area contributed by atoms with E-state index >= 15 is 0 Å². The molecule has 0 spiro atoms. The van der Waals surface area contributed by atoms with Crippen LogP contribution in [0.5, 0.6) is 0 Å². The second-order valence-corrected chi connectivity index (χ2v) is 10.4. The van der Waals surface area contributed by atoms with E-state index < -0.39 is 9.84 Å². The summed E-state index contributed by atoms with van der Waals surface area (Å²) < 4.78 is 22.7. The number of piperazine rings is 3. The van der Waals surface area contributed by atoms with Crippen LogP contribution in [0.2, 0.25) is 0 Å². The van der Waals surface area contributed by atoms with E-state index in [1.165, 1.54) is 32.4 Å². The lowest BCUT2D eigenvalue weighted by atomic mass is 10.1. The van der Waals surface area contributed by atoms with Gasteiger partial charge in [0.15, 0.2) is 5.96 Å². The Morgan fingerprint density at radius 2 is 1.79 bits per heavy atom. The summed E-state index contributed by atoms with van der Waals surface area (Å²) in [7, 11) is -2.88. The van der Waals surface area contributed by atoms with Crippen LogP contribution in [-0.2, 0) is 9.84 Å². The molecular weight excluding hydrogens is 491 g/mol. The second-order valence-electron chi connectivity index (χ2n) is 8.10. The molecule has 164 valence electrons. The van der Waals surface area contributed by atoms with Crippen molar-refractivity contribution < 1.29 is 8.42 Å². The zero-order valence-electron chi connectivity index (χ0n) is 17.3. The van der Waals surface area contributed by atoms with Gasteiger partial charge in [-0.15, -0.1) is 24.0 Å². The Bertz CT molecular complexity index is 601. The van der Waals surface area contributed by atoms with Crippen LogP contribution in [0.25, 0.3) is 0 Å². The number of rotatable bonds is 7. The van der Waals surface area contributed by atoms with Crippen LogP contribution in [0.15, 0.2) is 4.99 Å². The maximum Gasteiger partial charge on any atom is 0.191 e.